The first-order chi connectivity index (χ1) is 13.1. The van der Waals surface area contributed by atoms with Crippen molar-refractivity contribution in [1.29, 1.82) is 0 Å². The van der Waals surface area contributed by atoms with Crippen molar-refractivity contribution in [2.75, 3.05) is 6.61 Å². The van der Waals surface area contributed by atoms with E-state index in [1.807, 2.05) is 25.1 Å². The predicted octanol–water partition coefficient (Wildman–Crippen LogP) is 2.71. The van der Waals surface area contributed by atoms with Gasteiger partial charge in [0.25, 0.3) is 5.91 Å². The number of hydrogen-bond acceptors (Lipinski definition) is 4. The number of nitrogens with one attached hydrogen (secondary N) is 2. The molecule has 2 atom stereocenters. The fourth-order valence-electron chi connectivity index (χ4n) is 3.51. The second-order valence-electron chi connectivity index (χ2n) is 8.41. The predicted molar refractivity (Wildman–Crippen MR) is 105 cm³/mol. The fourth-order valence-corrected chi connectivity index (χ4v) is 3.51. The highest BCUT2D eigenvalue weighted by molar-refractivity contribution is 5.87. The lowest BCUT2D eigenvalue weighted by Crippen LogP contribution is -2.49. The van der Waals surface area contributed by atoms with Crippen LogP contribution >= 0.6 is 0 Å². The molecule has 0 radical (unpaired) electrons. The van der Waals surface area contributed by atoms with E-state index in [2.05, 4.69) is 31.6 Å². The number of carboxylic acid groups (broad SMARTS) is 1. The summed E-state index contributed by atoms with van der Waals surface area (Å²) in [6.45, 7) is 7.89. The molecule has 2 rings (SSSR count). The van der Waals surface area contributed by atoms with Crippen LogP contribution < -0.4 is 15.6 Å². The maximum Gasteiger partial charge on any atom is 0.307 e. The van der Waals surface area contributed by atoms with Crippen LogP contribution in [0.3, 0.4) is 0 Å². The van der Waals surface area contributed by atoms with Crippen LogP contribution in [-0.2, 0) is 19.8 Å². The van der Waals surface area contributed by atoms with Crippen LogP contribution in [0.5, 0.6) is 5.75 Å². The molecule has 1 aliphatic rings. The number of carboxylic acids is 1. The Morgan fingerprint density at radius 1 is 1.11 bits per heavy atom. The van der Waals surface area contributed by atoms with Crippen LogP contribution in [0.2, 0.25) is 0 Å². The zero-order valence-electron chi connectivity index (χ0n) is 17.0. The van der Waals surface area contributed by atoms with Gasteiger partial charge in [0.1, 0.15) is 5.75 Å². The second kappa shape index (κ2) is 9.08. The minimum absolute atomic E-state index is 0.138. The molecule has 1 aromatic rings. The van der Waals surface area contributed by atoms with Crippen molar-refractivity contribution in [3.8, 4) is 5.75 Å². The molecule has 1 saturated carbocycles. The van der Waals surface area contributed by atoms with Gasteiger partial charge in [-0.05, 0) is 42.4 Å². The van der Waals surface area contributed by atoms with E-state index in [4.69, 9.17) is 4.74 Å². The number of amides is 2. The molecule has 7 heteroatoms. The third-order valence-electron chi connectivity index (χ3n) is 5.05. The van der Waals surface area contributed by atoms with Gasteiger partial charge in [-0.1, -0.05) is 45.7 Å². The summed E-state index contributed by atoms with van der Waals surface area (Å²) >= 11 is 0. The maximum absolute atomic E-state index is 12.3. The molecule has 7 nitrogen and oxygen atoms in total. The Balaban J connectivity index is 1.90. The molecule has 28 heavy (non-hydrogen) atoms. The standard InChI is InChI=1S/C21H30N2O5/c1-13-9-10-16(21(2,3)4)17(11-13)28-12-18(24)22-23-19(25)14-7-5-6-8-15(14)20(26)27/h9-11,14-15H,5-8,12H2,1-4H3,(H,22,24)(H,23,25)(H,26,27). The highest BCUT2D eigenvalue weighted by Crippen LogP contribution is 2.32. The Labute approximate surface area is 165 Å². The second-order valence-corrected chi connectivity index (χ2v) is 8.41. The van der Waals surface area contributed by atoms with E-state index in [1.165, 1.54) is 0 Å². The van der Waals surface area contributed by atoms with Crippen LogP contribution in [0.1, 0.15) is 57.6 Å². The van der Waals surface area contributed by atoms with E-state index < -0.39 is 29.6 Å². The van der Waals surface area contributed by atoms with E-state index >= 15 is 0 Å². The number of carbonyl (C=O) groups excluding carboxylic acids is 2. The molecule has 0 spiro atoms. The molecule has 154 valence electrons. The first-order valence-electron chi connectivity index (χ1n) is 9.65. The highest BCUT2D eigenvalue weighted by atomic mass is 16.5. The van der Waals surface area contributed by atoms with Crippen molar-refractivity contribution in [1.82, 2.24) is 10.9 Å². The van der Waals surface area contributed by atoms with Crippen molar-refractivity contribution >= 4 is 17.8 Å². The van der Waals surface area contributed by atoms with E-state index in [1.54, 1.807) is 0 Å². The summed E-state index contributed by atoms with van der Waals surface area (Å²) in [6, 6.07) is 5.86. The number of hydrazine groups is 1. The van der Waals surface area contributed by atoms with Crippen molar-refractivity contribution in [3.05, 3.63) is 29.3 Å². The van der Waals surface area contributed by atoms with Gasteiger partial charge in [-0.25, -0.2) is 0 Å². The topological polar surface area (TPSA) is 105 Å². The number of aryl methyl sites for hydroxylation is 1. The van der Waals surface area contributed by atoms with E-state index in [0.717, 1.165) is 24.0 Å². The van der Waals surface area contributed by atoms with E-state index in [9.17, 15) is 19.5 Å². The van der Waals surface area contributed by atoms with Gasteiger partial charge in [0, 0.05) is 0 Å². The summed E-state index contributed by atoms with van der Waals surface area (Å²) in [5.41, 5.74) is 6.54. The molecule has 2 amide bonds. The molecule has 1 fully saturated rings. The smallest absolute Gasteiger partial charge is 0.307 e. The lowest BCUT2D eigenvalue weighted by atomic mass is 9.79. The van der Waals surface area contributed by atoms with Gasteiger partial charge in [-0.2, -0.15) is 0 Å². The van der Waals surface area contributed by atoms with Crippen LogP contribution in [-0.4, -0.2) is 29.5 Å². The summed E-state index contributed by atoms with van der Waals surface area (Å²) in [5, 5.41) is 9.27. The monoisotopic (exact) mass is 390 g/mol. The SMILES string of the molecule is Cc1ccc(C(C)(C)C)c(OCC(=O)NNC(=O)C2CCCCC2C(=O)O)c1. The quantitative estimate of drug-likeness (QED) is 0.671. The summed E-state index contributed by atoms with van der Waals surface area (Å²) in [6.07, 6.45) is 2.59. The largest absolute Gasteiger partial charge is 0.483 e. The zero-order valence-corrected chi connectivity index (χ0v) is 17.0. The van der Waals surface area contributed by atoms with Gasteiger partial charge in [0.05, 0.1) is 11.8 Å². The molecular weight excluding hydrogens is 360 g/mol. The third-order valence-corrected chi connectivity index (χ3v) is 5.05. The minimum Gasteiger partial charge on any atom is -0.483 e. The van der Waals surface area contributed by atoms with Crippen LogP contribution in [0, 0.1) is 18.8 Å². The lowest BCUT2D eigenvalue weighted by molar-refractivity contribution is -0.149. The Morgan fingerprint density at radius 3 is 2.36 bits per heavy atom. The van der Waals surface area contributed by atoms with Gasteiger partial charge in [-0.15, -0.1) is 0 Å². The number of ether oxygens (including phenoxy) is 1. The number of hydrogen-bond donors (Lipinski definition) is 3. The molecule has 2 unspecified atom stereocenters. The number of benzene rings is 1. The lowest BCUT2D eigenvalue weighted by Gasteiger charge is -2.27. The van der Waals surface area contributed by atoms with Crippen molar-refractivity contribution in [3.63, 3.8) is 0 Å². The van der Waals surface area contributed by atoms with Gasteiger partial charge in [0.15, 0.2) is 6.61 Å². The summed E-state index contributed by atoms with van der Waals surface area (Å²) in [5.74, 6) is -2.64. The maximum atomic E-state index is 12.3. The summed E-state index contributed by atoms with van der Waals surface area (Å²) < 4.78 is 5.69. The van der Waals surface area contributed by atoms with Crippen molar-refractivity contribution in [2.45, 2.75) is 58.8 Å². The van der Waals surface area contributed by atoms with E-state index in [0.29, 0.717) is 18.6 Å². The molecular formula is C21H30N2O5. The van der Waals surface area contributed by atoms with Gasteiger partial charge in [-0.3, -0.25) is 25.2 Å². The average Bonchev–Trinajstić information content (AvgIpc) is 2.63. The average molecular weight is 390 g/mol. The molecule has 0 bridgehead atoms. The van der Waals surface area contributed by atoms with Gasteiger partial charge in [0.2, 0.25) is 5.91 Å². The summed E-state index contributed by atoms with van der Waals surface area (Å²) in [4.78, 5) is 35.7. The molecule has 0 saturated heterocycles. The Kier molecular flexibility index (Phi) is 7.05. The fraction of sp³-hybridized carbons (Fsp3) is 0.571. The Bertz CT molecular complexity index is 739. The number of aliphatic carboxylic acids is 1. The van der Waals surface area contributed by atoms with Gasteiger partial charge < -0.3 is 9.84 Å². The molecule has 0 aromatic heterocycles. The van der Waals surface area contributed by atoms with Crippen molar-refractivity contribution in [2.24, 2.45) is 11.8 Å². The van der Waals surface area contributed by atoms with Crippen LogP contribution in [0.15, 0.2) is 18.2 Å². The Hall–Kier alpha value is -2.57. The first-order valence-corrected chi connectivity index (χ1v) is 9.65. The number of rotatable bonds is 5. The normalized spacial score (nSPS) is 19.6. The van der Waals surface area contributed by atoms with Crippen LogP contribution in [0.4, 0.5) is 0 Å². The highest BCUT2D eigenvalue weighted by Gasteiger charge is 2.35. The first kappa shape index (κ1) is 21.7. The Morgan fingerprint density at radius 2 is 1.75 bits per heavy atom. The number of carbonyl (C=O) groups is 3. The molecule has 0 heterocycles. The zero-order chi connectivity index (χ0) is 20.9. The van der Waals surface area contributed by atoms with Gasteiger partial charge >= 0.3 is 5.97 Å². The summed E-state index contributed by atoms with van der Waals surface area (Å²) in [7, 11) is 0. The molecule has 1 aliphatic carbocycles. The van der Waals surface area contributed by atoms with E-state index in [-0.39, 0.29) is 12.0 Å². The van der Waals surface area contributed by atoms with Crippen LogP contribution in [0.25, 0.3) is 0 Å². The molecule has 3 N–H and O–H groups in total. The minimum atomic E-state index is -0.969. The van der Waals surface area contributed by atoms with Crippen molar-refractivity contribution < 1.29 is 24.2 Å². The molecule has 1 aromatic carbocycles. The molecule has 0 aliphatic heterocycles. The third kappa shape index (κ3) is 5.71.